The van der Waals surface area contributed by atoms with Crippen LogP contribution < -0.4 is 16.0 Å². The van der Waals surface area contributed by atoms with Gasteiger partial charge in [-0.25, -0.2) is 9.59 Å². The third-order valence-corrected chi connectivity index (χ3v) is 2.24. The van der Waals surface area contributed by atoms with Crippen LogP contribution in [0.4, 0.5) is 4.79 Å². The fraction of sp³-hybridized carbons (Fsp3) is 0.455. The van der Waals surface area contributed by atoms with E-state index in [-0.39, 0.29) is 30.1 Å². The second kappa shape index (κ2) is 7.85. The molecule has 0 saturated carbocycles. The second-order valence-corrected chi connectivity index (χ2v) is 3.75. The maximum Gasteiger partial charge on any atom is 0.331 e. The molecule has 0 fully saturated rings. The maximum atomic E-state index is 11.5. The molecule has 0 unspecified atom stereocenters. The summed E-state index contributed by atoms with van der Waals surface area (Å²) in [4.78, 5) is 43.9. The molecule has 0 heterocycles. The van der Waals surface area contributed by atoms with Crippen molar-refractivity contribution in [2.45, 2.75) is 20.8 Å². The lowest BCUT2D eigenvalue weighted by Crippen LogP contribution is -2.43. The molecular formula is C11H17N3O5. The topological polar surface area (TPSA) is 125 Å². The highest BCUT2D eigenvalue weighted by Crippen LogP contribution is 2.02. The highest BCUT2D eigenvalue weighted by atomic mass is 16.4. The zero-order valence-electron chi connectivity index (χ0n) is 11.0. The van der Waals surface area contributed by atoms with Crippen LogP contribution in [0.1, 0.15) is 20.8 Å². The van der Waals surface area contributed by atoms with Crippen molar-refractivity contribution in [1.82, 2.24) is 16.0 Å². The number of urea groups is 1. The predicted molar refractivity (Wildman–Crippen MR) is 66.2 cm³/mol. The van der Waals surface area contributed by atoms with Gasteiger partial charge in [-0.05, 0) is 13.8 Å². The monoisotopic (exact) mass is 271 g/mol. The molecule has 0 aliphatic carbocycles. The van der Waals surface area contributed by atoms with Crippen LogP contribution in [-0.4, -0.2) is 42.0 Å². The standard InChI is InChI=1S/C11H17N3O5/c1-6(7(2)10(17)18)9(16)14-11(19)13-5-4-12-8(3)15/h4-5H2,1-3H3,(H,12,15)(H,17,18)(H2,13,14,16,19). The number of aliphatic carboxylic acids is 1. The third kappa shape index (κ3) is 6.81. The molecule has 0 aliphatic heterocycles. The number of nitrogens with one attached hydrogen (secondary N) is 3. The van der Waals surface area contributed by atoms with Crippen LogP contribution >= 0.6 is 0 Å². The van der Waals surface area contributed by atoms with Gasteiger partial charge in [0.2, 0.25) is 5.91 Å². The van der Waals surface area contributed by atoms with E-state index in [1.165, 1.54) is 20.8 Å². The van der Waals surface area contributed by atoms with Crippen LogP contribution in [0.3, 0.4) is 0 Å². The molecule has 0 spiro atoms. The first-order valence-electron chi connectivity index (χ1n) is 5.50. The minimum atomic E-state index is -1.22. The molecule has 0 bridgehead atoms. The lowest BCUT2D eigenvalue weighted by atomic mass is 10.1. The smallest absolute Gasteiger partial charge is 0.331 e. The molecule has 8 heteroatoms. The molecule has 0 aromatic carbocycles. The van der Waals surface area contributed by atoms with Crippen molar-refractivity contribution in [3.8, 4) is 0 Å². The number of imide groups is 1. The molecule has 4 amide bonds. The molecule has 0 radical (unpaired) electrons. The quantitative estimate of drug-likeness (QED) is 0.391. The average Bonchev–Trinajstić information content (AvgIpc) is 2.32. The zero-order chi connectivity index (χ0) is 15.0. The van der Waals surface area contributed by atoms with E-state index in [2.05, 4.69) is 10.6 Å². The predicted octanol–water partition coefficient (Wildman–Crippen LogP) is -0.631. The van der Waals surface area contributed by atoms with E-state index in [9.17, 15) is 19.2 Å². The lowest BCUT2D eigenvalue weighted by molar-refractivity contribution is -0.133. The molecule has 106 valence electrons. The Morgan fingerprint density at radius 3 is 1.89 bits per heavy atom. The van der Waals surface area contributed by atoms with E-state index >= 15 is 0 Å². The molecule has 4 N–H and O–H groups in total. The number of carbonyl (C=O) groups is 4. The van der Waals surface area contributed by atoms with Gasteiger partial charge in [0.1, 0.15) is 0 Å². The lowest BCUT2D eigenvalue weighted by Gasteiger charge is -2.08. The summed E-state index contributed by atoms with van der Waals surface area (Å²) in [7, 11) is 0. The number of carboxylic acid groups (broad SMARTS) is 1. The number of rotatable bonds is 5. The number of hydrogen-bond acceptors (Lipinski definition) is 4. The summed E-state index contributed by atoms with van der Waals surface area (Å²) in [6.45, 7) is 4.31. The Kier molecular flexibility index (Phi) is 6.87. The van der Waals surface area contributed by atoms with Gasteiger partial charge in [0.25, 0.3) is 5.91 Å². The molecule has 19 heavy (non-hydrogen) atoms. The van der Waals surface area contributed by atoms with Crippen molar-refractivity contribution in [3.63, 3.8) is 0 Å². The van der Waals surface area contributed by atoms with Gasteiger partial charge >= 0.3 is 12.0 Å². The molecule has 0 saturated heterocycles. The van der Waals surface area contributed by atoms with Gasteiger partial charge in [0, 0.05) is 31.2 Å². The summed E-state index contributed by atoms with van der Waals surface area (Å²) in [5.74, 6) is -2.23. The minimum absolute atomic E-state index is 0.0514. The Balaban J connectivity index is 4.20. The fourth-order valence-corrected chi connectivity index (χ4v) is 0.986. The minimum Gasteiger partial charge on any atom is -0.478 e. The summed E-state index contributed by atoms with van der Waals surface area (Å²) in [5.41, 5.74) is -0.187. The van der Waals surface area contributed by atoms with E-state index in [0.717, 1.165) is 0 Å². The van der Waals surface area contributed by atoms with Crippen molar-refractivity contribution in [2.75, 3.05) is 13.1 Å². The highest BCUT2D eigenvalue weighted by Gasteiger charge is 2.14. The molecule has 0 aliphatic rings. The summed E-state index contributed by atoms with van der Waals surface area (Å²) in [6.07, 6.45) is 0. The Morgan fingerprint density at radius 2 is 1.42 bits per heavy atom. The Bertz CT molecular complexity index is 428. The van der Waals surface area contributed by atoms with Crippen LogP contribution in [0, 0.1) is 0 Å². The van der Waals surface area contributed by atoms with E-state index in [1.54, 1.807) is 0 Å². The number of carbonyl (C=O) groups excluding carboxylic acids is 3. The molecule has 0 aromatic rings. The van der Waals surface area contributed by atoms with Gasteiger partial charge in [-0.3, -0.25) is 14.9 Å². The van der Waals surface area contributed by atoms with Gasteiger partial charge in [-0.1, -0.05) is 0 Å². The Labute approximate surface area is 110 Å². The molecular weight excluding hydrogens is 254 g/mol. The first-order chi connectivity index (χ1) is 8.75. The van der Waals surface area contributed by atoms with Gasteiger partial charge < -0.3 is 15.7 Å². The maximum absolute atomic E-state index is 11.5. The van der Waals surface area contributed by atoms with Crippen LogP contribution in [0.15, 0.2) is 11.1 Å². The summed E-state index contributed by atoms with van der Waals surface area (Å²) < 4.78 is 0. The van der Waals surface area contributed by atoms with Gasteiger partial charge in [-0.2, -0.15) is 0 Å². The average molecular weight is 271 g/mol. The van der Waals surface area contributed by atoms with E-state index in [4.69, 9.17) is 5.11 Å². The van der Waals surface area contributed by atoms with Gasteiger partial charge in [-0.15, -0.1) is 0 Å². The molecule has 0 aromatic heterocycles. The van der Waals surface area contributed by atoms with Crippen LogP contribution in [0.25, 0.3) is 0 Å². The van der Waals surface area contributed by atoms with Crippen molar-refractivity contribution in [2.24, 2.45) is 0 Å². The second-order valence-electron chi connectivity index (χ2n) is 3.75. The normalized spacial score (nSPS) is 11.1. The Morgan fingerprint density at radius 1 is 0.895 bits per heavy atom. The summed E-state index contributed by atoms with van der Waals surface area (Å²) in [5, 5.41) is 15.5. The van der Waals surface area contributed by atoms with Crippen molar-refractivity contribution >= 4 is 23.8 Å². The van der Waals surface area contributed by atoms with Crippen molar-refractivity contribution in [1.29, 1.82) is 0 Å². The molecule has 0 rings (SSSR count). The molecule has 8 nitrogen and oxygen atoms in total. The van der Waals surface area contributed by atoms with E-state index < -0.39 is 17.9 Å². The van der Waals surface area contributed by atoms with Crippen LogP contribution in [0.5, 0.6) is 0 Å². The third-order valence-electron chi connectivity index (χ3n) is 2.24. The first-order valence-corrected chi connectivity index (χ1v) is 5.50. The zero-order valence-corrected chi connectivity index (χ0v) is 11.0. The Hall–Kier alpha value is -2.38. The fourth-order valence-electron chi connectivity index (χ4n) is 0.986. The summed E-state index contributed by atoms with van der Waals surface area (Å²) >= 11 is 0. The first kappa shape index (κ1) is 16.6. The van der Waals surface area contributed by atoms with E-state index in [0.29, 0.717) is 0 Å². The van der Waals surface area contributed by atoms with Gasteiger partial charge in [0.15, 0.2) is 0 Å². The summed E-state index contributed by atoms with van der Waals surface area (Å²) in [6, 6.07) is -0.757. The van der Waals surface area contributed by atoms with E-state index in [1.807, 2.05) is 5.32 Å². The molecule has 0 atom stereocenters. The number of carboxylic acids is 1. The van der Waals surface area contributed by atoms with Gasteiger partial charge in [0.05, 0.1) is 0 Å². The van der Waals surface area contributed by atoms with Crippen molar-refractivity contribution < 1.29 is 24.3 Å². The largest absolute Gasteiger partial charge is 0.478 e. The number of amides is 4. The van der Waals surface area contributed by atoms with Crippen LogP contribution in [0.2, 0.25) is 0 Å². The number of hydrogen-bond donors (Lipinski definition) is 4. The van der Waals surface area contributed by atoms with Crippen LogP contribution in [-0.2, 0) is 14.4 Å². The highest BCUT2D eigenvalue weighted by molar-refractivity contribution is 6.07. The SMILES string of the molecule is CC(=O)NCCNC(=O)NC(=O)C(C)=C(C)C(=O)O. The van der Waals surface area contributed by atoms with Crippen molar-refractivity contribution in [3.05, 3.63) is 11.1 Å².